The molecule has 1 aliphatic heterocycles. The summed E-state index contributed by atoms with van der Waals surface area (Å²) in [5, 5.41) is 2.59. The number of aliphatic imine (C=N–C) groups is 1. The summed E-state index contributed by atoms with van der Waals surface area (Å²) in [6.07, 6.45) is -3.01. The number of amidine groups is 1. The molecular weight excluding hydrogens is 392 g/mol. The van der Waals surface area contributed by atoms with Crippen molar-refractivity contribution in [3.63, 3.8) is 0 Å². The van der Waals surface area contributed by atoms with Crippen LogP contribution in [0.25, 0.3) is 6.08 Å². The number of rotatable bonds is 2. The van der Waals surface area contributed by atoms with Crippen LogP contribution in [0.3, 0.4) is 0 Å². The zero-order valence-electron chi connectivity index (χ0n) is 12.8. The van der Waals surface area contributed by atoms with Gasteiger partial charge in [-0.1, -0.05) is 23.7 Å². The predicted molar refractivity (Wildman–Crippen MR) is 93.7 cm³/mol. The molecule has 0 radical (unpaired) electrons. The Morgan fingerprint density at radius 2 is 1.81 bits per heavy atom. The van der Waals surface area contributed by atoms with Crippen LogP contribution in [0.15, 0.2) is 52.4 Å². The molecule has 1 amide bonds. The number of carbonyl (C=O) groups excluding carboxylic acids is 1. The van der Waals surface area contributed by atoms with Crippen LogP contribution in [0.4, 0.5) is 23.2 Å². The Bertz CT molecular complexity index is 923. The minimum atomic E-state index is -4.53. The Hall–Kier alpha value is -2.32. The molecule has 0 aliphatic carbocycles. The maximum atomic E-state index is 12.9. The number of benzene rings is 2. The van der Waals surface area contributed by atoms with Crippen molar-refractivity contribution in [1.82, 2.24) is 5.32 Å². The Morgan fingerprint density at radius 3 is 2.46 bits per heavy atom. The lowest BCUT2D eigenvalue weighted by molar-refractivity contribution is -0.137. The van der Waals surface area contributed by atoms with Crippen molar-refractivity contribution in [3.8, 4) is 0 Å². The van der Waals surface area contributed by atoms with Gasteiger partial charge < -0.3 is 5.32 Å². The van der Waals surface area contributed by atoms with Gasteiger partial charge in [0.1, 0.15) is 5.82 Å². The minimum Gasteiger partial charge on any atom is -0.300 e. The highest BCUT2D eigenvalue weighted by Gasteiger charge is 2.31. The standard InChI is InChI=1S/C17H9ClF4N2OS/c18-12-6-3-10(17(20,21)22)8-13(12)23-16-24-15(25)14(26-16)7-9-1-4-11(19)5-2-9/h1-8H,(H,23,24,25). The van der Waals surface area contributed by atoms with Crippen LogP contribution >= 0.6 is 23.4 Å². The molecule has 1 N–H and O–H groups in total. The molecule has 26 heavy (non-hydrogen) atoms. The second-order valence-electron chi connectivity index (χ2n) is 5.20. The van der Waals surface area contributed by atoms with Crippen LogP contribution < -0.4 is 5.32 Å². The quantitative estimate of drug-likeness (QED) is 0.542. The van der Waals surface area contributed by atoms with E-state index in [2.05, 4.69) is 10.3 Å². The van der Waals surface area contributed by atoms with Crippen molar-refractivity contribution < 1.29 is 22.4 Å². The van der Waals surface area contributed by atoms with Crippen molar-refractivity contribution in [1.29, 1.82) is 0 Å². The van der Waals surface area contributed by atoms with Gasteiger partial charge in [0, 0.05) is 0 Å². The number of carbonyl (C=O) groups is 1. The lowest BCUT2D eigenvalue weighted by Gasteiger charge is -2.08. The first kappa shape index (κ1) is 18.5. The van der Waals surface area contributed by atoms with Gasteiger partial charge in [0.25, 0.3) is 5.91 Å². The molecule has 0 unspecified atom stereocenters. The first-order chi connectivity index (χ1) is 12.2. The average Bonchev–Trinajstić information content (AvgIpc) is 2.90. The van der Waals surface area contributed by atoms with E-state index in [1.165, 1.54) is 30.3 Å². The molecule has 0 atom stereocenters. The molecule has 9 heteroatoms. The Kier molecular flexibility index (Phi) is 5.06. The molecule has 1 heterocycles. The van der Waals surface area contributed by atoms with Gasteiger partial charge in [-0.2, -0.15) is 13.2 Å². The van der Waals surface area contributed by atoms with Gasteiger partial charge in [-0.15, -0.1) is 0 Å². The fourth-order valence-electron chi connectivity index (χ4n) is 2.07. The number of alkyl halides is 3. The number of halogens is 5. The van der Waals surface area contributed by atoms with E-state index >= 15 is 0 Å². The molecule has 0 bridgehead atoms. The van der Waals surface area contributed by atoms with Crippen molar-refractivity contribution in [2.24, 2.45) is 4.99 Å². The number of amides is 1. The lowest BCUT2D eigenvalue weighted by Crippen LogP contribution is -2.19. The van der Waals surface area contributed by atoms with Gasteiger partial charge in [0.15, 0.2) is 5.17 Å². The van der Waals surface area contributed by atoms with E-state index in [0.29, 0.717) is 5.56 Å². The lowest BCUT2D eigenvalue weighted by atomic mass is 10.2. The number of nitrogens with one attached hydrogen (secondary N) is 1. The molecule has 2 aromatic carbocycles. The molecule has 2 aromatic rings. The van der Waals surface area contributed by atoms with E-state index in [1.54, 1.807) is 0 Å². The zero-order chi connectivity index (χ0) is 18.9. The van der Waals surface area contributed by atoms with E-state index in [0.717, 1.165) is 30.0 Å². The van der Waals surface area contributed by atoms with E-state index in [1.807, 2.05) is 0 Å². The number of hydrogen-bond donors (Lipinski definition) is 1. The van der Waals surface area contributed by atoms with E-state index in [4.69, 9.17) is 11.6 Å². The van der Waals surface area contributed by atoms with E-state index in [9.17, 15) is 22.4 Å². The van der Waals surface area contributed by atoms with Crippen LogP contribution in [0.2, 0.25) is 5.02 Å². The molecular formula is C17H9ClF4N2OS. The zero-order valence-corrected chi connectivity index (χ0v) is 14.3. The van der Waals surface area contributed by atoms with Crippen molar-refractivity contribution in [2.45, 2.75) is 6.18 Å². The van der Waals surface area contributed by atoms with Gasteiger partial charge in [-0.25, -0.2) is 9.38 Å². The molecule has 0 spiro atoms. The van der Waals surface area contributed by atoms with Gasteiger partial charge in [0.2, 0.25) is 0 Å². The second kappa shape index (κ2) is 7.13. The summed E-state index contributed by atoms with van der Waals surface area (Å²) in [5.74, 6) is -0.863. The smallest absolute Gasteiger partial charge is 0.300 e. The molecule has 3 rings (SSSR count). The van der Waals surface area contributed by atoms with Crippen molar-refractivity contribution in [3.05, 3.63) is 69.3 Å². The summed E-state index contributed by atoms with van der Waals surface area (Å²) in [7, 11) is 0. The molecule has 0 aromatic heterocycles. The molecule has 1 saturated heterocycles. The largest absolute Gasteiger partial charge is 0.416 e. The SMILES string of the molecule is O=C1NC(=Nc2cc(C(F)(F)F)ccc2Cl)SC1=Cc1ccc(F)cc1. The highest BCUT2D eigenvalue weighted by Crippen LogP contribution is 2.36. The maximum Gasteiger partial charge on any atom is 0.416 e. The third kappa shape index (κ3) is 4.25. The Balaban J connectivity index is 1.88. The maximum absolute atomic E-state index is 12.9. The molecule has 0 saturated carbocycles. The molecule has 1 fully saturated rings. The van der Waals surface area contributed by atoms with E-state index in [-0.39, 0.29) is 20.8 Å². The third-order valence-electron chi connectivity index (χ3n) is 3.31. The Morgan fingerprint density at radius 1 is 1.12 bits per heavy atom. The average molecular weight is 401 g/mol. The first-order valence-corrected chi connectivity index (χ1v) is 8.34. The van der Waals surface area contributed by atoms with Gasteiger partial charge in [-0.05, 0) is 53.7 Å². The van der Waals surface area contributed by atoms with E-state index < -0.39 is 23.5 Å². The third-order valence-corrected chi connectivity index (χ3v) is 4.54. The van der Waals surface area contributed by atoms with Crippen molar-refractivity contribution in [2.75, 3.05) is 0 Å². The fourth-order valence-corrected chi connectivity index (χ4v) is 3.07. The first-order valence-electron chi connectivity index (χ1n) is 7.14. The highest BCUT2D eigenvalue weighted by atomic mass is 35.5. The van der Waals surface area contributed by atoms with Crippen LogP contribution in [0, 0.1) is 5.82 Å². The van der Waals surface area contributed by atoms with Crippen LogP contribution in [-0.4, -0.2) is 11.1 Å². The summed E-state index contributed by atoms with van der Waals surface area (Å²) in [4.78, 5) is 16.3. The van der Waals surface area contributed by atoms with Crippen LogP contribution in [0.1, 0.15) is 11.1 Å². The molecule has 3 nitrogen and oxygen atoms in total. The highest BCUT2D eigenvalue weighted by molar-refractivity contribution is 8.18. The summed E-state index contributed by atoms with van der Waals surface area (Å²) in [5.41, 5.74) is -0.396. The summed E-state index contributed by atoms with van der Waals surface area (Å²) in [6.45, 7) is 0. The van der Waals surface area contributed by atoms with Crippen LogP contribution in [-0.2, 0) is 11.0 Å². The van der Waals surface area contributed by atoms with Gasteiger partial charge in [-0.3, -0.25) is 4.79 Å². The predicted octanol–water partition coefficient (Wildman–Crippen LogP) is 5.39. The number of hydrogen-bond acceptors (Lipinski definition) is 3. The van der Waals surface area contributed by atoms with Crippen molar-refractivity contribution >= 4 is 46.2 Å². The topological polar surface area (TPSA) is 41.5 Å². The monoisotopic (exact) mass is 400 g/mol. The Labute approximate surface area is 154 Å². The molecule has 134 valence electrons. The summed E-state index contributed by atoms with van der Waals surface area (Å²) >= 11 is 6.85. The minimum absolute atomic E-state index is 0.0244. The van der Waals surface area contributed by atoms with Crippen LogP contribution in [0.5, 0.6) is 0 Å². The normalized spacial score (nSPS) is 17.8. The fraction of sp³-hybridized carbons (Fsp3) is 0.0588. The number of thioether (sulfide) groups is 1. The van der Waals surface area contributed by atoms with Gasteiger partial charge >= 0.3 is 6.18 Å². The second-order valence-corrected chi connectivity index (χ2v) is 6.64. The summed E-state index contributed by atoms with van der Waals surface area (Å²) < 4.78 is 51.3. The number of nitrogens with zero attached hydrogens (tertiary/aromatic N) is 1. The summed E-state index contributed by atoms with van der Waals surface area (Å²) in [6, 6.07) is 8.25. The van der Waals surface area contributed by atoms with Gasteiger partial charge in [0.05, 0.1) is 21.2 Å². The molecule has 1 aliphatic rings.